The van der Waals surface area contributed by atoms with E-state index in [-0.39, 0.29) is 10.9 Å². The van der Waals surface area contributed by atoms with Crippen LogP contribution in [-0.2, 0) is 10.0 Å². The maximum Gasteiger partial charge on any atom is 0.241 e. The second-order valence-electron chi connectivity index (χ2n) is 5.86. The predicted molar refractivity (Wildman–Crippen MR) is 93.6 cm³/mol. The van der Waals surface area contributed by atoms with Crippen LogP contribution >= 0.6 is 0 Å². The van der Waals surface area contributed by atoms with Crippen LogP contribution in [0.5, 0.6) is 5.75 Å². The molecule has 0 fully saturated rings. The fourth-order valence-electron chi connectivity index (χ4n) is 3.05. The minimum absolute atomic E-state index is 0.272. The molecule has 1 aliphatic heterocycles. The van der Waals surface area contributed by atoms with E-state index in [4.69, 9.17) is 4.74 Å². The molecule has 1 heterocycles. The summed E-state index contributed by atoms with van der Waals surface area (Å²) in [5, 5.41) is 1.93. The van der Waals surface area contributed by atoms with Gasteiger partial charge in [0.15, 0.2) is 0 Å². The minimum Gasteiger partial charge on any atom is -0.493 e. The van der Waals surface area contributed by atoms with E-state index in [1.54, 1.807) is 12.1 Å². The summed E-state index contributed by atoms with van der Waals surface area (Å²) in [6.07, 6.45) is 0.615. The van der Waals surface area contributed by atoms with Crippen molar-refractivity contribution >= 4 is 20.8 Å². The quantitative estimate of drug-likeness (QED) is 0.792. The van der Waals surface area contributed by atoms with Crippen LogP contribution in [0.25, 0.3) is 10.8 Å². The van der Waals surface area contributed by atoms with Gasteiger partial charge in [-0.1, -0.05) is 48.5 Å². The van der Waals surface area contributed by atoms with E-state index in [1.165, 1.54) is 0 Å². The van der Waals surface area contributed by atoms with E-state index in [9.17, 15) is 8.42 Å². The summed E-state index contributed by atoms with van der Waals surface area (Å²) in [4.78, 5) is 0.283. The Labute approximate surface area is 141 Å². The predicted octanol–water partition coefficient (Wildman–Crippen LogP) is 3.64. The molecule has 5 heteroatoms. The van der Waals surface area contributed by atoms with Gasteiger partial charge in [-0.15, -0.1) is 0 Å². The lowest BCUT2D eigenvalue weighted by Crippen LogP contribution is -2.32. The summed E-state index contributed by atoms with van der Waals surface area (Å²) in [6, 6.07) is 20.2. The molecule has 0 saturated carbocycles. The average molecular weight is 339 g/mol. The van der Waals surface area contributed by atoms with E-state index in [0.29, 0.717) is 13.0 Å². The molecule has 1 unspecified atom stereocenters. The summed E-state index contributed by atoms with van der Waals surface area (Å²) >= 11 is 0. The van der Waals surface area contributed by atoms with Crippen molar-refractivity contribution in [3.05, 3.63) is 72.3 Å². The number of benzene rings is 3. The van der Waals surface area contributed by atoms with Crippen molar-refractivity contribution < 1.29 is 13.2 Å². The molecule has 4 rings (SSSR count). The van der Waals surface area contributed by atoms with Crippen LogP contribution in [-0.4, -0.2) is 15.0 Å². The summed E-state index contributed by atoms with van der Waals surface area (Å²) < 4.78 is 34.0. The molecule has 0 aromatic heterocycles. The van der Waals surface area contributed by atoms with Crippen LogP contribution < -0.4 is 9.46 Å². The molecule has 4 nitrogen and oxygen atoms in total. The van der Waals surface area contributed by atoms with Gasteiger partial charge < -0.3 is 4.74 Å². The average Bonchev–Trinajstić information content (AvgIpc) is 2.61. The van der Waals surface area contributed by atoms with Gasteiger partial charge in [-0.05, 0) is 29.0 Å². The van der Waals surface area contributed by atoms with Gasteiger partial charge in [-0.2, -0.15) is 0 Å². The molecule has 0 saturated heterocycles. The van der Waals surface area contributed by atoms with Crippen LogP contribution in [0.1, 0.15) is 18.0 Å². The Hall–Kier alpha value is -2.37. The fraction of sp³-hybridized carbons (Fsp3) is 0.158. The van der Waals surface area contributed by atoms with E-state index >= 15 is 0 Å². The zero-order valence-electron chi connectivity index (χ0n) is 13.0. The Morgan fingerprint density at radius 3 is 2.54 bits per heavy atom. The third-order valence-electron chi connectivity index (χ3n) is 4.29. The third-order valence-corrected chi connectivity index (χ3v) is 5.76. The van der Waals surface area contributed by atoms with Crippen LogP contribution in [0.3, 0.4) is 0 Å². The summed E-state index contributed by atoms with van der Waals surface area (Å²) in [7, 11) is -3.60. The molecule has 0 spiro atoms. The first-order valence-corrected chi connectivity index (χ1v) is 9.35. The summed E-state index contributed by atoms with van der Waals surface area (Å²) in [6.45, 7) is 0.502. The van der Waals surface area contributed by atoms with Gasteiger partial charge >= 0.3 is 0 Å². The van der Waals surface area contributed by atoms with Crippen molar-refractivity contribution in [3.63, 3.8) is 0 Å². The van der Waals surface area contributed by atoms with Gasteiger partial charge in [0.25, 0.3) is 0 Å². The first kappa shape index (κ1) is 15.2. The molecule has 3 aromatic carbocycles. The van der Waals surface area contributed by atoms with Gasteiger partial charge in [0.2, 0.25) is 10.0 Å². The van der Waals surface area contributed by atoms with E-state index in [0.717, 1.165) is 22.1 Å². The number of hydrogen-bond donors (Lipinski definition) is 1. The number of rotatable bonds is 3. The Balaban J connectivity index is 1.68. The molecule has 1 atom stereocenters. The number of ether oxygens (including phenoxy) is 1. The maximum absolute atomic E-state index is 12.8. The molecule has 0 bridgehead atoms. The Morgan fingerprint density at radius 1 is 0.917 bits per heavy atom. The fourth-order valence-corrected chi connectivity index (χ4v) is 4.34. The monoisotopic (exact) mass is 339 g/mol. The van der Waals surface area contributed by atoms with E-state index in [1.807, 2.05) is 54.6 Å². The van der Waals surface area contributed by atoms with Gasteiger partial charge in [-0.25, -0.2) is 13.1 Å². The van der Waals surface area contributed by atoms with Crippen LogP contribution in [0, 0.1) is 0 Å². The molecule has 1 N–H and O–H groups in total. The number of sulfonamides is 1. The zero-order chi connectivity index (χ0) is 16.6. The molecule has 24 heavy (non-hydrogen) atoms. The summed E-state index contributed by atoms with van der Waals surface area (Å²) in [5.74, 6) is 0.745. The van der Waals surface area contributed by atoms with Gasteiger partial charge in [0.1, 0.15) is 5.75 Å². The Bertz CT molecular complexity index is 998. The standard InChI is InChI=1S/C19H17NO3S/c21-24(22,16-10-9-14-5-1-2-6-15(14)13-16)20-18-11-12-23-19-8-4-3-7-17(18)19/h1-10,13,18,20H,11-12H2. The van der Waals surface area contributed by atoms with E-state index in [2.05, 4.69) is 4.72 Å². The lowest BCUT2D eigenvalue weighted by Gasteiger charge is -2.26. The van der Waals surface area contributed by atoms with Crippen molar-refractivity contribution in [2.45, 2.75) is 17.4 Å². The lowest BCUT2D eigenvalue weighted by atomic mass is 10.0. The van der Waals surface area contributed by atoms with Crippen LogP contribution in [0.15, 0.2) is 71.6 Å². The molecule has 0 aliphatic carbocycles. The second kappa shape index (κ2) is 5.92. The van der Waals surface area contributed by atoms with E-state index < -0.39 is 10.0 Å². The first-order chi connectivity index (χ1) is 11.6. The normalized spacial score (nSPS) is 17.2. The smallest absolute Gasteiger partial charge is 0.241 e. The zero-order valence-corrected chi connectivity index (χ0v) is 13.8. The molecule has 122 valence electrons. The van der Waals surface area contributed by atoms with Crippen molar-refractivity contribution in [2.75, 3.05) is 6.61 Å². The number of fused-ring (bicyclic) bond motifs is 2. The van der Waals surface area contributed by atoms with Gasteiger partial charge in [0, 0.05) is 12.0 Å². The third kappa shape index (κ3) is 2.77. The summed E-state index contributed by atoms with van der Waals surface area (Å²) in [5.41, 5.74) is 0.883. The Kier molecular flexibility index (Phi) is 3.75. The molecule has 3 aromatic rings. The first-order valence-electron chi connectivity index (χ1n) is 7.86. The SMILES string of the molecule is O=S(=O)(NC1CCOc2ccccc21)c1ccc2ccccc2c1. The molecular weight excluding hydrogens is 322 g/mol. The highest BCUT2D eigenvalue weighted by Crippen LogP contribution is 2.32. The maximum atomic E-state index is 12.8. The van der Waals surface area contributed by atoms with Crippen LogP contribution in [0.4, 0.5) is 0 Å². The highest BCUT2D eigenvalue weighted by Gasteiger charge is 2.26. The van der Waals surface area contributed by atoms with Crippen molar-refractivity contribution in [2.24, 2.45) is 0 Å². The Morgan fingerprint density at radius 2 is 1.67 bits per heavy atom. The van der Waals surface area contributed by atoms with Crippen molar-refractivity contribution in [3.8, 4) is 5.75 Å². The molecule has 1 aliphatic rings. The largest absolute Gasteiger partial charge is 0.493 e. The minimum atomic E-state index is -3.60. The van der Waals surface area contributed by atoms with Crippen molar-refractivity contribution in [1.82, 2.24) is 4.72 Å². The van der Waals surface area contributed by atoms with Gasteiger partial charge in [0.05, 0.1) is 17.5 Å². The molecular formula is C19H17NO3S. The number of para-hydroxylation sites is 1. The number of hydrogen-bond acceptors (Lipinski definition) is 3. The topological polar surface area (TPSA) is 55.4 Å². The lowest BCUT2D eigenvalue weighted by molar-refractivity contribution is 0.263. The molecule has 0 amide bonds. The number of nitrogens with one attached hydrogen (secondary N) is 1. The highest BCUT2D eigenvalue weighted by molar-refractivity contribution is 7.89. The second-order valence-corrected chi connectivity index (χ2v) is 7.57. The molecule has 0 radical (unpaired) electrons. The highest BCUT2D eigenvalue weighted by atomic mass is 32.2. The van der Waals surface area contributed by atoms with Crippen molar-refractivity contribution in [1.29, 1.82) is 0 Å². The van der Waals surface area contributed by atoms with Crippen LogP contribution in [0.2, 0.25) is 0 Å². The van der Waals surface area contributed by atoms with Gasteiger partial charge in [-0.3, -0.25) is 0 Å².